The van der Waals surface area contributed by atoms with Gasteiger partial charge in [-0.1, -0.05) is 25.5 Å². The Morgan fingerprint density at radius 2 is 2.18 bits per heavy atom. The van der Waals surface area contributed by atoms with E-state index in [9.17, 15) is 9.90 Å². The van der Waals surface area contributed by atoms with Gasteiger partial charge in [-0.2, -0.15) is 0 Å². The van der Waals surface area contributed by atoms with Gasteiger partial charge in [-0.15, -0.1) is 0 Å². The highest BCUT2D eigenvalue weighted by Crippen LogP contribution is 2.43. The molecule has 1 aliphatic rings. The first-order valence-electron chi connectivity index (χ1n) is 6.17. The summed E-state index contributed by atoms with van der Waals surface area (Å²) in [6.07, 6.45) is 3.43. The predicted molar refractivity (Wildman–Crippen MR) is 64.9 cm³/mol. The number of ether oxygens (including phenoxy) is 1. The summed E-state index contributed by atoms with van der Waals surface area (Å²) < 4.78 is 5.15. The average molecular weight is 234 g/mol. The minimum absolute atomic E-state index is 0.0182. The number of carbonyl (C=O) groups is 1. The van der Waals surface area contributed by atoms with E-state index in [1.54, 1.807) is 18.2 Å². The van der Waals surface area contributed by atoms with Gasteiger partial charge in [-0.25, -0.2) is 4.79 Å². The van der Waals surface area contributed by atoms with Gasteiger partial charge >= 0.3 is 5.97 Å². The van der Waals surface area contributed by atoms with Crippen molar-refractivity contribution in [2.24, 2.45) is 11.8 Å². The maximum Gasteiger partial charge on any atom is 0.341 e. The number of esters is 1. The molecule has 0 aromatic heterocycles. The number of aromatic hydroxyl groups is 1. The summed E-state index contributed by atoms with van der Waals surface area (Å²) in [7, 11) is 0. The number of phenolic OH excluding ortho intramolecular Hbond substituents is 1. The molecule has 0 saturated heterocycles. The molecule has 0 heterocycles. The number of hydrogen-bond acceptors (Lipinski definition) is 3. The standard InChI is InChI=1S/C14H18O3/c1-2-10-9-11(10)7-8-17-14(16)12-5-3-4-6-13(12)15/h3-6,10-11,15H,2,7-9H2,1H3. The van der Waals surface area contributed by atoms with Crippen LogP contribution in [0.4, 0.5) is 0 Å². The van der Waals surface area contributed by atoms with E-state index in [1.807, 2.05) is 0 Å². The molecule has 0 radical (unpaired) electrons. The van der Waals surface area contributed by atoms with Crippen LogP contribution in [0.15, 0.2) is 24.3 Å². The number of phenols is 1. The van der Waals surface area contributed by atoms with Gasteiger partial charge in [0, 0.05) is 0 Å². The second-order valence-corrected chi connectivity index (χ2v) is 4.61. The fourth-order valence-electron chi connectivity index (χ4n) is 2.19. The topological polar surface area (TPSA) is 46.5 Å². The van der Waals surface area contributed by atoms with Crippen LogP contribution >= 0.6 is 0 Å². The van der Waals surface area contributed by atoms with Crippen LogP contribution in [0.2, 0.25) is 0 Å². The van der Waals surface area contributed by atoms with Gasteiger partial charge in [0.25, 0.3) is 0 Å². The van der Waals surface area contributed by atoms with E-state index < -0.39 is 5.97 Å². The molecule has 1 aromatic rings. The van der Waals surface area contributed by atoms with Crippen molar-refractivity contribution in [3.8, 4) is 5.75 Å². The summed E-state index contributed by atoms with van der Waals surface area (Å²) in [6, 6.07) is 6.46. The first kappa shape index (κ1) is 12.0. The highest BCUT2D eigenvalue weighted by Gasteiger charge is 2.34. The molecule has 2 unspecified atom stereocenters. The smallest absolute Gasteiger partial charge is 0.341 e. The molecular weight excluding hydrogens is 216 g/mol. The Bertz CT molecular complexity index is 400. The molecule has 1 fully saturated rings. The zero-order chi connectivity index (χ0) is 12.3. The third-order valence-electron chi connectivity index (χ3n) is 3.44. The van der Waals surface area contributed by atoms with E-state index in [4.69, 9.17) is 4.74 Å². The SMILES string of the molecule is CCC1CC1CCOC(=O)c1ccccc1O. The largest absolute Gasteiger partial charge is 0.507 e. The number of rotatable bonds is 5. The van der Waals surface area contributed by atoms with E-state index in [0.717, 1.165) is 18.3 Å². The lowest BCUT2D eigenvalue weighted by molar-refractivity contribution is 0.0490. The average Bonchev–Trinajstić information content (AvgIpc) is 3.08. The van der Waals surface area contributed by atoms with Crippen molar-refractivity contribution in [2.75, 3.05) is 6.61 Å². The molecule has 92 valence electrons. The Morgan fingerprint density at radius 1 is 1.41 bits per heavy atom. The lowest BCUT2D eigenvalue weighted by atomic mass is 10.2. The molecule has 0 spiro atoms. The Balaban J connectivity index is 1.76. The van der Waals surface area contributed by atoms with Crippen LogP contribution in [0.25, 0.3) is 0 Å². The van der Waals surface area contributed by atoms with Crippen molar-refractivity contribution < 1.29 is 14.6 Å². The van der Waals surface area contributed by atoms with Gasteiger partial charge in [0.15, 0.2) is 0 Å². The monoisotopic (exact) mass is 234 g/mol. The fraction of sp³-hybridized carbons (Fsp3) is 0.500. The van der Waals surface area contributed by atoms with E-state index in [2.05, 4.69) is 6.92 Å². The lowest BCUT2D eigenvalue weighted by Gasteiger charge is -2.05. The first-order valence-corrected chi connectivity index (χ1v) is 6.17. The van der Waals surface area contributed by atoms with Crippen molar-refractivity contribution in [3.05, 3.63) is 29.8 Å². The molecule has 1 aromatic carbocycles. The second-order valence-electron chi connectivity index (χ2n) is 4.61. The molecule has 0 aliphatic heterocycles. The summed E-state index contributed by atoms with van der Waals surface area (Å²) >= 11 is 0. The van der Waals surface area contributed by atoms with Gasteiger partial charge in [0.05, 0.1) is 6.61 Å². The summed E-state index contributed by atoms with van der Waals surface area (Å²) in [5.74, 6) is 1.11. The van der Waals surface area contributed by atoms with Gasteiger partial charge < -0.3 is 9.84 Å². The molecule has 1 aliphatic carbocycles. The third-order valence-corrected chi connectivity index (χ3v) is 3.44. The van der Waals surface area contributed by atoms with E-state index in [0.29, 0.717) is 6.61 Å². The van der Waals surface area contributed by atoms with Gasteiger partial charge in [-0.05, 0) is 36.8 Å². The molecule has 2 atom stereocenters. The predicted octanol–water partition coefficient (Wildman–Crippen LogP) is 2.99. The summed E-state index contributed by atoms with van der Waals surface area (Å²) in [6.45, 7) is 2.65. The Kier molecular flexibility index (Phi) is 3.67. The lowest BCUT2D eigenvalue weighted by Crippen LogP contribution is -2.07. The molecular formula is C14H18O3. The van der Waals surface area contributed by atoms with Crippen molar-refractivity contribution in [1.29, 1.82) is 0 Å². The fourth-order valence-corrected chi connectivity index (χ4v) is 2.19. The quantitative estimate of drug-likeness (QED) is 0.797. The number of carbonyl (C=O) groups excluding carboxylic acids is 1. The highest BCUT2D eigenvalue weighted by molar-refractivity contribution is 5.92. The van der Waals surface area contributed by atoms with Crippen molar-refractivity contribution >= 4 is 5.97 Å². The Hall–Kier alpha value is -1.51. The summed E-state index contributed by atoms with van der Waals surface area (Å²) in [5, 5.41) is 9.48. The molecule has 0 bridgehead atoms. The number of hydrogen-bond donors (Lipinski definition) is 1. The van der Waals surface area contributed by atoms with Crippen molar-refractivity contribution in [3.63, 3.8) is 0 Å². The minimum Gasteiger partial charge on any atom is -0.507 e. The normalized spacial score (nSPS) is 22.2. The Labute approximate surface area is 101 Å². The van der Waals surface area contributed by atoms with Gasteiger partial charge in [0.1, 0.15) is 11.3 Å². The molecule has 1 N–H and O–H groups in total. The second kappa shape index (κ2) is 5.21. The number of benzene rings is 1. The van der Waals surface area contributed by atoms with E-state index >= 15 is 0 Å². The highest BCUT2D eigenvalue weighted by atomic mass is 16.5. The van der Waals surface area contributed by atoms with Crippen LogP contribution in [0, 0.1) is 11.8 Å². The van der Waals surface area contributed by atoms with Crippen LogP contribution in [-0.4, -0.2) is 17.7 Å². The van der Waals surface area contributed by atoms with Gasteiger partial charge in [-0.3, -0.25) is 0 Å². The van der Waals surface area contributed by atoms with Gasteiger partial charge in [0.2, 0.25) is 0 Å². The summed E-state index contributed by atoms with van der Waals surface area (Å²) in [5.41, 5.74) is 0.246. The molecule has 1 saturated carbocycles. The Morgan fingerprint density at radius 3 is 2.82 bits per heavy atom. The van der Waals surface area contributed by atoms with Crippen molar-refractivity contribution in [2.45, 2.75) is 26.2 Å². The molecule has 0 amide bonds. The first-order chi connectivity index (χ1) is 8.22. The van der Waals surface area contributed by atoms with E-state index in [1.165, 1.54) is 18.9 Å². The zero-order valence-electron chi connectivity index (χ0n) is 10.1. The van der Waals surface area contributed by atoms with Crippen LogP contribution in [-0.2, 0) is 4.74 Å². The molecule has 3 heteroatoms. The number of para-hydroxylation sites is 1. The molecule has 17 heavy (non-hydrogen) atoms. The van der Waals surface area contributed by atoms with Crippen LogP contribution in [0.5, 0.6) is 5.75 Å². The molecule has 2 rings (SSSR count). The maximum absolute atomic E-state index is 11.6. The van der Waals surface area contributed by atoms with Crippen LogP contribution < -0.4 is 0 Å². The summed E-state index contributed by atoms with van der Waals surface area (Å²) in [4.78, 5) is 11.6. The maximum atomic E-state index is 11.6. The van der Waals surface area contributed by atoms with Crippen LogP contribution in [0.3, 0.4) is 0 Å². The minimum atomic E-state index is -0.434. The van der Waals surface area contributed by atoms with Crippen LogP contribution in [0.1, 0.15) is 36.5 Å². The molecule has 3 nitrogen and oxygen atoms in total. The van der Waals surface area contributed by atoms with E-state index in [-0.39, 0.29) is 11.3 Å². The van der Waals surface area contributed by atoms with Crippen molar-refractivity contribution in [1.82, 2.24) is 0 Å². The zero-order valence-corrected chi connectivity index (χ0v) is 10.1. The third kappa shape index (κ3) is 2.99.